The molecule has 1 fully saturated rings. The molecule has 3 aromatic rings. The van der Waals surface area contributed by atoms with E-state index in [0.29, 0.717) is 25.1 Å². The van der Waals surface area contributed by atoms with Gasteiger partial charge in [0.25, 0.3) is 6.01 Å². The molecule has 1 atom stereocenters. The van der Waals surface area contributed by atoms with E-state index >= 15 is 0 Å². The van der Waals surface area contributed by atoms with Crippen LogP contribution in [-0.4, -0.2) is 29.2 Å². The van der Waals surface area contributed by atoms with Gasteiger partial charge in [-0.1, -0.05) is 24.3 Å². The summed E-state index contributed by atoms with van der Waals surface area (Å²) in [5.41, 5.74) is 2.80. The van der Waals surface area contributed by atoms with Crippen molar-refractivity contribution in [1.82, 2.24) is 14.9 Å². The van der Waals surface area contributed by atoms with Crippen molar-refractivity contribution in [2.24, 2.45) is 5.92 Å². The summed E-state index contributed by atoms with van der Waals surface area (Å²) in [4.78, 5) is 4.64. The Morgan fingerprint density at radius 3 is 2.96 bits per heavy atom. The highest BCUT2D eigenvalue weighted by Gasteiger charge is 2.17. The molecule has 4 nitrogen and oxygen atoms in total. The van der Waals surface area contributed by atoms with Crippen LogP contribution < -0.4 is 10.1 Å². The second-order valence-electron chi connectivity index (χ2n) is 6.62. The zero-order valence-corrected chi connectivity index (χ0v) is 14.1. The van der Waals surface area contributed by atoms with Crippen LogP contribution in [0.1, 0.15) is 18.4 Å². The molecular weight excluding hydrogens is 317 g/mol. The highest BCUT2D eigenvalue weighted by molar-refractivity contribution is 5.76. The molecule has 0 radical (unpaired) electrons. The van der Waals surface area contributed by atoms with Crippen molar-refractivity contribution < 1.29 is 9.13 Å². The predicted octanol–water partition coefficient (Wildman–Crippen LogP) is 3.60. The number of piperidine rings is 1. The van der Waals surface area contributed by atoms with E-state index in [1.165, 1.54) is 18.9 Å². The largest absolute Gasteiger partial charge is 0.464 e. The molecule has 0 amide bonds. The fourth-order valence-corrected chi connectivity index (χ4v) is 3.39. The Balaban J connectivity index is 1.61. The van der Waals surface area contributed by atoms with Crippen LogP contribution in [-0.2, 0) is 6.54 Å². The predicted molar refractivity (Wildman–Crippen MR) is 96.3 cm³/mol. The van der Waals surface area contributed by atoms with E-state index in [1.54, 1.807) is 12.1 Å². The molecule has 0 aliphatic carbocycles. The molecule has 0 unspecified atom stereocenters. The van der Waals surface area contributed by atoms with Gasteiger partial charge in [-0.3, -0.25) is 4.57 Å². The maximum atomic E-state index is 13.5. The summed E-state index contributed by atoms with van der Waals surface area (Å²) < 4.78 is 21.6. The lowest BCUT2D eigenvalue weighted by Gasteiger charge is -2.22. The Morgan fingerprint density at radius 2 is 2.12 bits per heavy atom. The van der Waals surface area contributed by atoms with Gasteiger partial charge >= 0.3 is 0 Å². The summed E-state index contributed by atoms with van der Waals surface area (Å²) in [5, 5.41) is 3.41. The Bertz CT molecular complexity index is 855. The van der Waals surface area contributed by atoms with Crippen molar-refractivity contribution in [3.8, 4) is 6.01 Å². The first-order valence-corrected chi connectivity index (χ1v) is 8.83. The number of hydrogen-bond donors (Lipinski definition) is 1. The quantitative estimate of drug-likeness (QED) is 0.772. The fourth-order valence-electron chi connectivity index (χ4n) is 3.39. The normalized spacial score (nSPS) is 17.7. The lowest BCUT2D eigenvalue weighted by Crippen LogP contribution is -2.33. The molecule has 1 aliphatic rings. The molecule has 5 heteroatoms. The molecule has 0 bridgehead atoms. The van der Waals surface area contributed by atoms with E-state index in [9.17, 15) is 4.39 Å². The van der Waals surface area contributed by atoms with Crippen molar-refractivity contribution in [3.63, 3.8) is 0 Å². The Kier molecular flexibility index (Phi) is 4.65. The van der Waals surface area contributed by atoms with E-state index in [0.717, 1.165) is 29.7 Å². The van der Waals surface area contributed by atoms with Crippen molar-refractivity contribution in [3.05, 3.63) is 59.9 Å². The van der Waals surface area contributed by atoms with Gasteiger partial charge in [0.1, 0.15) is 5.82 Å². The topological polar surface area (TPSA) is 39.1 Å². The highest BCUT2D eigenvalue weighted by atomic mass is 19.1. The third kappa shape index (κ3) is 3.66. The molecular formula is C20H22FN3O. The van der Waals surface area contributed by atoms with Gasteiger partial charge in [0.2, 0.25) is 0 Å². The number of para-hydroxylation sites is 2. The molecule has 25 heavy (non-hydrogen) atoms. The van der Waals surface area contributed by atoms with Gasteiger partial charge in [0.15, 0.2) is 0 Å². The van der Waals surface area contributed by atoms with Crippen LogP contribution >= 0.6 is 0 Å². The molecule has 2 aromatic carbocycles. The van der Waals surface area contributed by atoms with Crippen LogP contribution in [0.4, 0.5) is 4.39 Å². The molecule has 130 valence electrons. The molecule has 0 saturated carbocycles. The second-order valence-corrected chi connectivity index (χ2v) is 6.62. The minimum absolute atomic E-state index is 0.224. The van der Waals surface area contributed by atoms with Gasteiger partial charge in [0, 0.05) is 12.5 Å². The second kappa shape index (κ2) is 7.23. The molecule has 4 rings (SSSR count). The van der Waals surface area contributed by atoms with Crippen LogP contribution in [0, 0.1) is 11.7 Å². The number of fused-ring (bicyclic) bond motifs is 1. The summed E-state index contributed by atoms with van der Waals surface area (Å²) in [6.45, 7) is 3.27. The summed E-state index contributed by atoms with van der Waals surface area (Å²) >= 11 is 0. The number of imidazole rings is 1. The van der Waals surface area contributed by atoms with Crippen molar-refractivity contribution >= 4 is 11.0 Å². The van der Waals surface area contributed by atoms with Crippen molar-refractivity contribution in [1.29, 1.82) is 0 Å². The van der Waals surface area contributed by atoms with Gasteiger partial charge in [-0.05, 0) is 49.2 Å². The Labute approximate surface area is 146 Å². The number of nitrogens with zero attached hydrogens (tertiary/aromatic N) is 2. The van der Waals surface area contributed by atoms with E-state index in [2.05, 4.69) is 10.3 Å². The van der Waals surface area contributed by atoms with Crippen LogP contribution in [0.25, 0.3) is 11.0 Å². The van der Waals surface area contributed by atoms with E-state index in [4.69, 9.17) is 4.74 Å². The summed E-state index contributed by atoms with van der Waals surface area (Å²) in [7, 11) is 0. The average molecular weight is 339 g/mol. The third-order valence-electron chi connectivity index (χ3n) is 4.70. The maximum absolute atomic E-state index is 13.5. The molecule has 0 spiro atoms. The minimum Gasteiger partial charge on any atom is -0.464 e. The maximum Gasteiger partial charge on any atom is 0.297 e. The zero-order valence-electron chi connectivity index (χ0n) is 14.1. The smallest absolute Gasteiger partial charge is 0.297 e. The lowest BCUT2D eigenvalue weighted by molar-refractivity contribution is 0.200. The first kappa shape index (κ1) is 16.1. The zero-order chi connectivity index (χ0) is 17.1. The van der Waals surface area contributed by atoms with Crippen LogP contribution in [0.3, 0.4) is 0 Å². The number of benzene rings is 2. The first-order valence-electron chi connectivity index (χ1n) is 8.83. The molecule has 1 aliphatic heterocycles. The number of aromatic nitrogens is 2. The van der Waals surface area contributed by atoms with Gasteiger partial charge < -0.3 is 10.1 Å². The van der Waals surface area contributed by atoms with E-state index in [-0.39, 0.29) is 5.82 Å². The lowest BCUT2D eigenvalue weighted by atomic mass is 10.0. The van der Waals surface area contributed by atoms with Gasteiger partial charge in [0.05, 0.1) is 24.2 Å². The summed E-state index contributed by atoms with van der Waals surface area (Å²) in [6, 6.07) is 15.2. The molecule has 1 aromatic heterocycles. The summed E-state index contributed by atoms with van der Waals surface area (Å²) in [5.74, 6) is 0.286. The van der Waals surface area contributed by atoms with E-state index < -0.39 is 0 Å². The third-order valence-corrected chi connectivity index (χ3v) is 4.70. The number of hydrogen-bond acceptors (Lipinski definition) is 3. The molecule has 1 N–H and O–H groups in total. The van der Waals surface area contributed by atoms with Crippen molar-refractivity contribution in [2.75, 3.05) is 19.7 Å². The van der Waals surface area contributed by atoms with Gasteiger partial charge in [-0.25, -0.2) is 4.39 Å². The van der Waals surface area contributed by atoms with E-state index in [1.807, 2.05) is 34.9 Å². The van der Waals surface area contributed by atoms with Crippen LogP contribution in [0.5, 0.6) is 6.01 Å². The number of halogens is 1. The van der Waals surface area contributed by atoms with Gasteiger partial charge in [-0.2, -0.15) is 4.98 Å². The number of ether oxygens (including phenoxy) is 1. The fraction of sp³-hybridized carbons (Fsp3) is 0.350. The highest BCUT2D eigenvalue weighted by Crippen LogP contribution is 2.24. The SMILES string of the molecule is Fc1cccc(Cn2c(OC[C@@H]3CCCNC3)nc3ccccc32)c1. The number of rotatable bonds is 5. The van der Waals surface area contributed by atoms with Crippen molar-refractivity contribution in [2.45, 2.75) is 19.4 Å². The molecule has 1 saturated heterocycles. The van der Waals surface area contributed by atoms with Crippen LogP contribution in [0.15, 0.2) is 48.5 Å². The Morgan fingerprint density at radius 1 is 1.20 bits per heavy atom. The minimum atomic E-state index is -0.224. The first-order chi connectivity index (χ1) is 12.3. The number of nitrogens with one attached hydrogen (secondary N) is 1. The molecule has 2 heterocycles. The average Bonchev–Trinajstić information content (AvgIpc) is 2.99. The van der Waals surface area contributed by atoms with Crippen LogP contribution in [0.2, 0.25) is 0 Å². The van der Waals surface area contributed by atoms with Gasteiger partial charge in [-0.15, -0.1) is 0 Å². The monoisotopic (exact) mass is 339 g/mol. The standard InChI is InChI=1S/C20H22FN3O/c21-17-7-3-5-15(11-17)13-24-19-9-2-1-8-18(19)23-20(24)25-14-16-6-4-10-22-12-16/h1-3,5,7-9,11,16,22H,4,6,10,12-14H2/t16-/m1/s1. The Hall–Kier alpha value is -2.40. The summed E-state index contributed by atoms with van der Waals surface area (Å²) in [6.07, 6.45) is 2.37.